The van der Waals surface area contributed by atoms with Crippen LogP contribution in [0.15, 0.2) is 59.2 Å². The van der Waals surface area contributed by atoms with Gasteiger partial charge in [0.25, 0.3) is 0 Å². The van der Waals surface area contributed by atoms with Gasteiger partial charge in [-0.1, -0.05) is 30.3 Å². The average molecular weight is 357 g/mol. The van der Waals surface area contributed by atoms with Gasteiger partial charge in [-0.05, 0) is 18.2 Å². The first-order valence-electron chi connectivity index (χ1n) is 8.81. The molecule has 27 heavy (non-hydrogen) atoms. The van der Waals surface area contributed by atoms with Crippen LogP contribution in [-0.4, -0.2) is 23.9 Å². The molecule has 5 heteroatoms. The molecule has 5 rings (SSSR count). The van der Waals surface area contributed by atoms with Crippen LogP contribution in [0.2, 0.25) is 0 Å². The van der Waals surface area contributed by atoms with Gasteiger partial charge in [0, 0.05) is 46.3 Å². The maximum Gasteiger partial charge on any atom is 0.194 e. The molecule has 1 unspecified atom stereocenters. The van der Waals surface area contributed by atoms with Gasteiger partial charge in [-0.25, -0.2) is 0 Å². The molecule has 0 amide bonds. The van der Waals surface area contributed by atoms with Gasteiger partial charge in [-0.3, -0.25) is 14.4 Å². The van der Waals surface area contributed by atoms with E-state index < -0.39 is 6.04 Å². The first-order chi connectivity index (χ1) is 13.1. The van der Waals surface area contributed by atoms with Gasteiger partial charge in [-0.2, -0.15) is 0 Å². The summed E-state index contributed by atoms with van der Waals surface area (Å²) in [6.07, 6.45) is 2.32. The standard InChI is InChI=1S/C22H15NO4/c24-20(19-16-8-10-27-18(16)7-9-23-19)12-5-6-15-17(11-12)22(26)14-4-2-1-3-13(14)21(15)25/h1-6,8,10-11,19,23H,7,9H2. The van der Waals surface area contributed by atoms with Crippen molar-refractivity contribution in [2.24, 2.45) is 0 Å². The molecule has 0 saturated heterocycles. The highest BCUT2D eigenvalue weighted by Gasteiger charge is 2.32. The topological polar surface area (TPSA) is 76.4 Å². The van der Waals surface area contributed by atoms with Crippen molar-refractivity contribution in [1.82, 2.24) is 5.32 Å². The van der Waals surface area contributed by atoms with Crippen molar-refractivity contribution in [2.75, 3.05) is 6.54 Å². The fraction of sp³-hybridized carbons (Fsp3) is 0.136. The number of hydrogen-bond donors (Lipinski definition) is 1. The highest BCUT2D eigenvalue weighted by Crippen LogP contribution is 2.31. The maximum atomic E-state index is 13.1. The Labute approximate surface area is 155 Å². The lowest BCUT2D eigenvalue weighted by atomic mass is 9.82. The van der Waals surface area contributed by atoms with E-state index in [0.29, 0.717) is 28.8 Å². The normalized spacial score (nSPS) is 17.9. The van der Waals surface area contributed by atoms with Crippen LogP contribution in [0.5, 0.6) is 0 Å². The summed E-state index contributed by atoms with van der Waals surface area (Å²) in [6.45, 7) is 0.645. The summed E-state index contributed by atoms with van der Waals surface area (Å²) in [5, 5.41) is 3.21. The number of hydrogen-bond acceptors (Lipinski definition) is 5. The summed E-state index contributed by atoms with van der Waals surface area (Å²) in [5.74, 6) is 0.257. The van der Waals surface area contributed by atoms with E-state index in [4.69, 9.17) is 4.42 Å². The van der Waals surface area contributed by atoms with Crippen molar-refractivity contribution in [3.8, 4) is 0 Å². The number of nitrogens with one attached hydrogen (secondary N) is 1. The predicted molar refractivity (Wildman–Crippen MR) is 97.2 cm³/mol. The Morgan fingerprint density at radius 2 is 1.63 bits per heavy atom. The molecule has 2 aliphatic rings. The van der Waals surface area contributed by atoms with Gasteiger partial charge in [0.15, 0.2) is 17.3 Å². The summed E-state index contributed by atoms with van der Waals surface area (Å²) in [6, 6.07) is 12.8. The second-order valence-electron chi connectivity index (χ2n) is 6.76. The third-order valence-electron chi connectivity index (χ3n) is 5.26. The molecule has 1 aliphatic carbocycles. The largest absolute Gasteiger partial charge is 0.469 e. The lowest BCUT2D eigenvalue weighted by molar-refractivity contribution is 0.0936. The van der Waals surface area contributed by atoms with Crippen molar-refractivity contribution in [3.05, 3.63) is 93.9 Å². The Kier molecular flexibility index (Phi) is 3.45. The Hall–Kier alpha value is -3.31. The van der Waals surface area contributed by atoms with Crippen molar-refractivity contribution in [2.45, 2.75) is 12.5 Å². The van der Waals surface area contributed by atoms with Gasteiger partial charge in [0.1, 0.15) is 5.76 Å². The van der Waals surface area contributed by atoms with E-state index in [0.717, 1.165) is 17.7 Å². The Bertz CT molecular complexity index is 1120. The van der Waals surface area contributed by atoms with Crippen LogP contribution in [0.25, 0.3) is 0 Å². The van der Waals surface area contributed by atoms with E-state index in [-0.39, 0.29) is 22.9 Å². The highest BCUT2D eigenvalue weighted by molar-refractivity contribution is 6.28. The summed E-state index contributed by atoms with van der Waals surface area (Å²) < 4.78 is 5.44. The number of ketones is 3. The lowest BCUT2D eigenvalue weighted by Gasteiger charge is -2.23. The quantitative estimate of drug-likeness (QED) is 0.558. The molecule has 5 nitrogen and oxygen atoms in total. The minimum Gasteiger partial charge on any atom is -0.469 e. The van der Waals surface area contributed by atoms with E-state index in [1.807, 2.05) is 0 Å². The first-order valence-corrected chi connectivity index (χ1v) is 8.81. The monoisotopic (exact) mass is 357 g/mol. The first kappa shape index (κ1) is 15.9. The summed E-state index contributed by atoms with van der Waals surface area (Å²) in [4.78, 5) is 38.7. The van der Waals surface area contributed by atoms with E-state index in [1.165, 1.54) is 0 Å². The summed E-state index contributed by atoms with van der Waals surface area (Å²) in [5.41, 5.74) is 2.65. The Balaban J connectivity index is 1.57. The van der Waals surface area contributed by atoms with Gasteiger partial charge in [0.2, 0.25) is 0 Å². The Morgan fingerprint density at radius 3 is 2.41 bits per heavy atom. The van der Waals surface area contributed by atoms with E-state index in [9.17, 15) is 14.4 Å². The molecule has 2 heterocycles. The molecular formula is C22H15NO4. The zero-order valence-corrected chi connectivity index (χ0v) is 14.3. The Morgan fingerprint density at radius 1 is 0.926 bits per heavy atom. The highest BCUT2D eigenvalue weighted by atomic mass is 16.3. The van der Waals surface area contributed by atoms with E-state index in [2.05, 4.69) is 5.32 Å². The molecule has 0 radical (unpaired) electrons. The summed E-state index contributed by atoms with van der Waals surface area (Å²) in [7, 11) is 0. The molecule has 1 atom stereocenters. The van der Waals surface area contributed by atoms with Crippen LogP contribution in [0.4, 0.5) is 0 Å². The number of carbonyl (C=O) groups is 3. The van der Waals surface area contributed by atoms with Crippen molar-refractivity contribution >= 4 is 17.3 Å². The van der Waals surface area contributed by atoms with Crippen LogP contribution in [0, 0.1) is 0 Å². The second kappa shape index (κ2) is 5.86. The lowest BCUT2D eigenvalue weighted by Crippen LogP contribution is -2.34. The molecule has 1 N–H and O–H groups in total. The third-order valence-corrected chi connectivity index (χ3v) is 5.26. The predicted octanol–water partition coefficient (Wildman–Crippen LogP) is 3.12. The van der Waals surface area contributed by atoms with E-state index in [1.54, 1.807) is 54.8 Å². The molecule has 2 aromatic carbocycles. The minimum atomic E-state index is -0.507. The number of Topliss-reactive ketones (excluding diaryl/α,β-unsaturated/α-hetero) is 1. The molecule has 0 saturated carbocycles. The van der Waals surface area contributed by atoms with Crippen molar-refractivity contribution in [3.63, 3.8) is 0 Å². The molecule has 0 bridgehead atoms. The third kappa shape index (κ3) is 2.32. The minimum absolute atomic E-state index is 0.140. The van der Waals surface area contributed by atoms with Gasteiger partial charge in [0.05, 0.1) is 12.3 Å². The smallest absolute Gasteiger partial charge is 0.194 e. The number of carbonyl (C=O) groups excluding carboxylic acids is 3. The molecular weight excluding hydrogens is 342 g/mol. The van der Waals surface area contributed by atoms with Crippen LogP contribution in [0.3, 0.4) is 0 Å². The maximum absolute atomic E-state index is 13.1. The van der Waals surface area contributed by atoms with Crippen molar-refractivity contribution in [1.29, 1.82) is 0 Å². The number of rotatable bonds is 2. The van der Waals surface area contributed by atoms with Gasteiger partial charge >= 0.3 is 0 Å². The second-order valence-corrected chi connectivity index (χ2v) is 6.76. The van der Waals surface area contributed by atoms with Crippen LogP contribution in [-0.2, 0) is 6.42 Å². The number of furan rings is 1. The zero-order valence-electron chi connectivity index (χ0n) is 14.3. The fourth-order valence-electron chi connectivity index (χ4n) is 3.90. The number of fused-ring (bicyclic) bond motifs is 3. The van der Waals surface area contributed by atoms with Crippen LogP contribution < -0.4 is 5.32 Å². The number of benzene rings is 2. The molecule has 0 fully saturated rings. The van der Waals surface area contributed by atoms with Gasteiger partial charge in [-0.15, -0.1) is 0 Å². The zero-order chi connectivity index (χ0) is 18.5. The average Bonchev–Trinajstić information content (AvgIpc) is 3.20. The van der Waals surface area contributed by atoms with Crippen LogP contribution >= 0.6 is 0 Å². The molecule has 132 valence electrons. The molecule has 1 aliphatic heterocycles. The molecule has 3 aromatic rings. The van der Waals surface area contributed by atoms with Crippen molar-refractivity contribution < 1.29 is 18.8 Å². The van der Waals surface area contributed by atoms with Gasteiger partial charge < -0.3 is 9.73 Å². The fourth-order valence-corrected chi connectivity index (χ4v) is 3.90. The summed E-state index contributed by atoms with van der Waals surface area (Å²) >= 11 is 0. The van der Waals surface area contributed by atoms with E-state index >= 15 is 0 Å². The molecule has 1 aromatic heterocycles. The molecule has 0 spiro atoms. The SMILES string of the molecule is O=C1c2ccccc2C(=O)c2cc(C(=O)C3NCCc4occc43)ccc21. The van der Waals surface area contributed by atoms with Crippen LogP contribution in [0.1, 0.15) is 59.6 Å².